The van der Waals surface area contributed by atoms with E-state index in [9.17, 15) is 18.4 Å². The number of benzene rings is 1. The SMILES string of the molecule is CC(C)NC(=O)Nc1cccc(C(=O)Nc2cc(C(F)F)[nH]n2)c1. The van der Waals surface area contributed by atoms with Gasteiger partial charge in [-0.2, -0.15) is 5.10 Å². The molecule has 2 aromatic rings. The summed E-state index contributed by atoms with van der Waals surface area (Å²) in [5, 5.41) is 13.4. The molecule has 4 N–H and O–H groups in total. The minimum Gasteiger partial charge on any atom is -0.336 e. The molecule has 0 aliphatic heterocycles. The van der Waals surface area contributed by atoms with Crippen LogP contribution in [0.4, 0.5) is 25.1 Å². The van der Waals surface area contributed by atoms with Gasteiger partial charge in [-0.15, -0.1) is 0 Å². The van der Waals surface area contributed by atoms with Crippen LogP contribution in [0.1, 0.15) is 36.3 Å². The molecule has 24 heavy (non-hydrogen) atoms. The summed E-state index contributed by atoms with van der Waals surface area (Å²) < 4.78 is 25.0. The molecule has 0 saturated heterocycles. The number of halogens is 2. The van der Waals surface area contributed by atoms with Gasteiger partial charge in [0.1, 0.15) is 5.69 Å². The third-order valence-corrected chi connectivity index (χ3v) is 2.88. The lowest BCUT2D eigenvalue weighted by Gasteiger charge is -2.11. The van der Waals surface area contributed by atoms with E-state index in [4.69, 9.17) is 0 Å². The van der Waals surface area contributed by atoms with Crippen LogP contribution in [0.5, 0.6) is 0 Å². The van der Waals surface area contributed by atoms with Crippen molar-refractivity contribution >= 4 is 23.4 Å². The Balaban J connectivity index is 2.04. The number of nitrogens with one attached hydrogen (secondary N) is 4. The molecule has 0 unspecified atom stereocenters. The first-order valence-electron chi connectivity index (χ1n) is 7.17. The maximum Gasteiger partial charge on any atom is 0.319 e. The first-order valence-corrected chi connectivity index (χ1v) is 7.17. The Hall–Kier alpha value is -2.97. The summed E-state index contributed by atoms with van der Waals surface area (Å²) in [5.41, 5.74) is 0.293. The quantitative estimate of drug-likeness (QED) is 0.674. The number of aromatic amines is 1. The fourth-order valence-corrected chi connectivity index (χ4v) is 1.87. The highest BCUT2D eigenvalue weighted by atomic mass is 19.3. The lowest BCUT2D eigenvalue weighted by atomic mass is 10.2. The molecular formula is C15H17F2N5O2. The molecular weight excluding hydrogens is 320 g/mol. The van der Waals surface area contributed by atoms with Gasteiger partial charge in [-0.25, -0.2) is 13.6 Å². The summed E-state index contributed by atoms with van der Waals surface area (Å²) in [7, 11) is 0. The average molecular weight is 337 g/mol. The zero-order chi connectivity index (χ0) is 17.7. The van der Waals surface area contributed by atoms with Crippen molar-refractivity contribution in [2.24, 2.45) is 0 Å². The van der Waals surface area contributed by atoms with E-state index in [1.54, 1.807) is 12.1 Å². The van der Waals surface area contributed by atoms with E-state index < -0.39 is 18.4 Å². The number of H-pyrrole nitrogens is 1. The normalized spacial score (nSPS) is 10.8. The number of amides is 3. The van der Waals surface area contributed by atoms with Gasteiger partial charge in [-0.3, -0.25) is 9.89 Å². The van der Waals surface area contributed by atoms with E-state index in [1.807, 2.05) is 13.8 Å². The summed E-state index contributed by atoms with van der Waals surface area (Å²) >= 11 is 0. The van der Waals surface area contributed by atoms with E-state index in [-0.39, 0.29) is 23.1 Å². The van der Waals surface area contributed by atoms with Crippen molar-refractivity contribution in [3.8, 4) is 0 Å². The lowest BCUT2D eigenvalue weighted by molar-refractivity contribution is 0.102. The van der Waals surface area contributed by atoms with Gasteiger partial charge in [0.2, 0.25) is 0 Å². The Morgan fingerprint density at radius 3 is 2.54 bits per heavy atom. The van der Waals surface area contributed by atoms with Gasteiger partial charge >= 0.3 is 6.03 Å². The molecule has 1 aromatic heterocycles. The third kappa shape index (κ3) is 4.77. The predicted octanol–water partition coefficient (Wildman–Crippen LogP) is 3.13. The van der Waals surface area contributed by atoms with Gasteiger partial charge < -0.3 is 16.0 Å². The molecule has 3 amide bonds. The van der Waals surface area contributed by atoms with Crippen molar-refractivity contribution in [3.05, 3.63) is 41.6 Å². The zero-order valence-corrected chi connectivity index (χ0v) is 13.1. The first-order chi connectivity index (χ1) is 11.3. The van der Waals surface area contributed by atoms with E-state index in [1.165, 1.54) is 12.1 Å². The van der Waals surface area contributed by atoms with Gasteiger partial charge in [0, 0.05) is 23.4 Å². The van der Waals surface area contributed by atoms with Crippen LogP contribution >= 0.6 is 0 Å². The van der Waals surface area contributed by atoms with Crippen LogP contribution in [-0.4, -0.2) is 28.2 Å². The summed E-state index contributed by atoms with van der Waals surface area (Å²) in [6, 6.07) is 6.85. The largest absolute Gasteiger partial charge is 0.336 e. The lowest BCUT2D eigenvalue weighted by Crippen LogP contribution is -2.34. The van der Waals surface area contributed by atoms with Crippen LogP contribution in [0, 0.1) is 0 Å². The highest BCUT2D eigenvalue weighted by molar-refractivity contribution is 6.04. The van der Waals surface area contributed by atoms with Crippen molar-refractivity contribution < 1.29 is 18.4 Å². The topological polar surface area (TPSA) is 98.9 Å². The van der Waals surface area contributed by atoms with E-state index in [0.29, 0.717) is 5.69 Å². The summed E-state index contributed by atoms with van der Waals surface area (Å²) in [4.78, 5) is 23.8. The summed E-state index contributed by atoms with van der Waals surface area (Å²) in [5.74, 6) is -0.540. The molecule has 0 aliphatic carbocycles. The molecule has 128 valence electrons. The second kappa shape index (κ2) is 7.53. The number of carbonyl (C=O) groups is 2. The van der Waals surface area contributed by atoms with Gasteiger partial charge in [0.05, 0.1) is 0 Å². The van der Waals surface area contributed by atoms with E-state index >= 15 is 0 Å². The smallest absolute Gasteiger partial charge is 0.319 e. The van der Waals surface area contributed by atoms with E-state index in [2.05, 4.69) is 26.1 Å². The minimum atomic E-state index is -2.70. The second-order valence-corrected chi connectivity index (χ2v) is 5.30. The average Bonchev–Trinajstić information content (AvgIpc) is 2.95. The summed E-state index contributed by atoms with van der Waals surface area (Å²) in [6.45, 7) is 3.64. The van der Waals surface area contributed by atoms with Crippen LogP contribution in [-0.2, 0) is 0 Å². The second-order valence-electron chi connectivity index (χ2n) is 5.30. The highest BCUT2D eigenvalue weighted by Crippen LogP contribution is 2.19. The third-order valence-electron chi connectivity index (χ3n) is 2.88. The monoisotopic (exact) mass is 337 g/mol. The van der Waals surface area contributed by atoms with Crippen LogP contribution in [0.2, 0.25) is 0 Å². The molecule has 2 rings (SSSR count). The molecule has 7 nitrogen and oxygen atoms in total. The van der Waals surface area contributed by atoms with Gasteiger partial charge in [0.25, 0.3) is 12.3 Å². The van der Waals surface area contributed by atoms with Gasteiger partial charge in [-0.05, 0) is 32.0 Å². The summed E-state index contributed by atoms with van der Waals surface area (Å²) in [6.07, 6.45) is -2.70. The van der Waals surface area contributed by atoms with Crippen LogP contribution < -0.4 is 16.0 Å². The minimum absolute atomic E-state index is 0.00814. The standard InChI is InChI=1S/C15H17F2N5O2/c1-8(2)18-15(24)19-10-5-3-4-9(6-10)14(23)20-12-7-11(13(16)17)21-22-12/h3-8,13H,1-2H3,(H2,18,19,24)(H2,20,21,22,23). The number of urea groups is 1. The Kier molecular flexibility index (Phi) is 5.46. The molecule has 1 aromatic carbocycles. The number of anilines is 2. The maximum absolute atomic E-state index is 12.5. The Morgan fingerprint density at radius 2 is 1.92 bits per heavy atom. The van der Waals surface area contributed by atoms with Crippen molar-refractivity contribution in [2.45, 2.75) is 26.3 Å². The number of alkyl halides is 2. The first kappa shape index (κ1) is 17.4. The number of nitrogens with zero attached hydrogens (tertiary/aromatic N) is 1. The van der Waals surface area contributed by atoms with Crippen molar-refractivity contribution in [1.29, 1.82) is 0 Å². The molecule has 9 heteroatoms. The van der Waals surface area contributed by atoms with Crippen LogP contribution in [0.15, 0.2) is 30.3 Å². The molecule has 0 atom stereocenters. The number of hydrogen-bond donors (Lipinski definition) is 4. The zero-order valence-electron chi connectivity index (χ0n) is 13.1. The fraction of sp³-hybridized carbons (Fsp3) is 0.267. The molecule has 0 aliphatic rings. The Labute approximate surface area is 136 Å². The fourth-order valence-electron chi connectivity index (χ4n) is 1.87. The molecule has 0 radical (unpaired) electrons. The van der Waals surface area contributed by atoms with Gasteiger partial charge in [-0.1, -0.05) is 6.07 Å². The molecule has 0 bridgehead atoms. The number of carbonyl (C=O) groups excluding carboxylic acids is 2. The maximum atomic E-state index is 12.5. The highest BCUT2D eigenvalue weighted by Gasteiger charge is 2.14. The number of aromatic nitrogens is 2. The number of hydrogen-bond acceptors (Lipinski definition) is 3. The predicted molar refractivity (Wildman–Crippen MR) is 85.2 cm³/mol. The Bertz CT molecular complexity index is 730. The van der Waals surface area contributed by atoms with Crippen molar-refractivity contribution in [3.63, 3.8) is 0 Å². The molecule has 0 saturated carbocycles. The number of rotatable bonds is 5. The van der Waals surface area contributed by atoms with Crippen molar-refractivity contribution in [2.75, 3.05) is 10.6 Å². The van der Waals surface area contributed by atoms with Gasteiger partial charge in [0.15, 0.2) is 5.82 Å². The van der Waals surface area contributed by atoms with Crippen molar-refractivity contribution in [1.82, 2.24) is 15.5 Å². The molecule has 0 spiro atoms. The van der Waals surface area contributed by atoms with Crippen LogP contribution in [0.25, 0.3) is 0 Å². The molecule has 0 fully saturated rings. The van der Waals surface area contributed by atoms with E-state index in [0.717, 1.165) is 6.07 Å². The van der Waals surface area contributed by atoms with Crippen LogP contribution in [0.3, 0.4) is 0 Å². The Morgan fingerprint density at radius 1 is 1.17 bits per heavy atom. The molecule has 1 heterocycles.